The Morgan fingerprint density at radius 2 is 0.864 bits per heavy atom. The third kappa shape index (κ3) is 4.85. The summed E-state index contributed by atoms with van der Waals surface area (Å²) in [5, 5.41) is 10.1. The lowest BCUT2D eigenvalue weighted by atomic mass is 9.82. The number of hydrogen-bond donors (Lipinski definition) is 0. The molecule has 0 atom stereocenters. The van der Waals surface area contributed by atoms with Gasteiger partial charge < -0.3 is 4.90 Å². The molecule has 12 rings (SSSR count). The summed E-state index contributed by atoms with van der Waals surface area (Å²) in [5.74, 6) is 0. The van der Waals surface area contributed by atoms with E-state index in [-0.39, 0.29) is 10.8 Å². The molecule has 0 N–H and O–H groups in total. The number of rotatable bonds is 4. The van der Waals surface area contributed by atoms with E-state index in [0.717, 1.165) is 11.4 Å². The van der Waals surface area contributed by atoms with Crippen molar-refractivity contribution in [1.82, 2.24) is 0 Å². The van der Waals surface area contributed by atoms with E-state index in [0.29, 0.717) is 0 Å². The fourth-order valence-electron chi connectivity index (χ4n) is 10.8. The van der Waals surface area contributed by atoms with Gasteiger partial charge >= 0.3 is 0 Å². The lowest BCUT2D eigenvalue weighted by Crippen LogP contribution is -2.17. The molecule has 0 heterocycles. The molecule has 0 unspecified atom stereocenters. The molecular weight excluding hydrogens is 711 g/mol. The Balaban J connectivity index is 1.16. The second-order valence-electron chi connectivity index (χ2n) is 17.7. The van der Waals surface area contributed by atoms with Gasteiger partial charge in [-0.15, -0.1) is 0 Å². The monoisotopic (exact) mass is 753 g/mol. The van der Waals surface area contributed by atoms with Crippen LogP contribution in [0.4, 0.5) is 17.1 Å². The van der Waals surface area contributed by atoms with Crippen molar-refractivity contribution in [2.45, 2.75) is 38.5 Å². The van der Waals surface area contributed by atoms with Crippen LogP contribution in [0.1, 0.15) is 49.9 Å². The first-order valence-corrected chi connectivity index (χ1v) is 20.9. The molecule has 2 aliphatic carbocycles. The van der Waals surface area contributed by atoms with Crippen LogP contribution in [-0.2, 0) is 10.8 Å². The van der Waals surface area contributed by atoms with E-state index >= 15 is 0 Å². The van der Waals surface area contributed by atoms with E-state index in [1.807, 2.05) is 0 Å². The van der Waals surface area contributed by atoms with Crippen molar-refractivity contribution >= 4 is 60.2 Å². The summed E-state index contributed by atoms with van der Waals surface area (Å²) in [7, 11) is 0. The summed E-state index contributed by atoms with van der Waals surface area (Å²) in [6.45, 7) is 9.49. The highest BCUT2D eigenvalue weighted by Crippen LogP contribution is 2.54. The second kappa shape index (κ2) is 12.3. The number of fused-ring (bicyclic) bond motifs is 12. The van der Waals surface area contributed by atoms with Gasteiger partial charge in [-0.2, -0.15) is 0 Å². The lowest BCUT2D eigenvalue weighted by Gasteiger charge is -2.30. The predicted octanol–water partition coefficient (Wildman–Crippen LogP) is 16.0. The predicted molar refractivity (Wildman–Crippen MR) is 252 cm³/mol. The molecule has 0 aliphatic heterocycles. The number of anilines is 3. The molecule has 280 valence electrons. The Bertz CT molecular complexity index is 3400. The Labute approximate surface area is 345 Å². The molecule has 0 bridgehead atoms. The highest BCUT2D eigenvalue weighted by atomic mass is 15.1. The van der Waals surface area contributed by atoms with Crippen LogP contribution in [0.3, 0.4) is 0 Å². The Kier molecular flexibility index (Phi) is 7.10. The van der Waals surface area contributed by atoms with E-state index in [4.69, 9.17) is 0 Å². The average Bonchev–Trinajstić information content (AvgIpc) is 3.65. The number of nitrogens with zero attached hydrogens (tertiary/aromatic N) is 1. The third-order valence-corrected chi connectivity index (χ3v) is 13.8. The van der Waals surface area contributed by atoms with Gasteiger partial charge in [-0.25, -0.2) is 0 Å². The highest BCUT2D eigenvalue weighted by molar-refractivity contribution is 6.26. The molecule has 1 heteroatoms. The number of hydrogen-bond acceptors (Lipinski definition) is 1. The van der Waals surface area contributed by atoms with Crippen molar-refractivity contribution < 1.29 is 0 Å². The van der Waals surface area contributed by atoms with Crippen molar-refractivity contribution in [1.29, 1.82) is 0 Å². The summed E-state index contributed by atoms with van der Waals surface area (Å²) in [6, 6.07) is 70.8. The molecule has 0 fully saturated rings. The van der Waals surface area contributed by atoms with Crippen LogP contribution in [0.2, 0.25) is 0 Å². The number of benzene rings is 10. The first-order valence-electron chi connectivity index (χ1n) is 20.9. The van der Waals surface area contributed by atoms with Crippen LogP contribution in [0.15, 0.2) is 188 Å². The van der Waals surface area contributed by atoms with Crippen LogP contribution in [0.25, 0.3) is 76.5 Å². The summed E-state index contributed by atoms with van der Waals surface area (Å²) in [5.41, 5.74) is 16.6. The SMILES string of the molecule is CC1(C)c2ccccc2-c2cc(N(c3ccc4c(c3)C(C)(C)c3ccccc3-4)c3cc4cc(-c5ccc6ccccc6c5)c5ccccc5c4c4ccccc34)ccc21. The van der Waals surface area contributed by atoms with Gasteiger partial charge in [0, 0.05) is 27.6 Å². The van der Waals surface area contributed by atoms with Gasteiger partial charge in [0.2, 0.25) is 0 Å². The van der Waals surface area contributed by atoms with Crippen molar-refractivity contribution in [3.8, 4) is 33.4 Å². The maximum atomic E-state index is 2.54. The zero-order chi connectivity index (χ0) is 39.6. The summed E-state index contributed by atoms with van der Waals surface area (Å²) >= 11 is 0. The average molecular weight is 754 g/mol. The van der Waals surface area contributed by atoms with Crippen LogP contribution in [0.5, 0.6) is 0 Å². The third-order valence-electron chi connectivity index (χ3n) is 13.8. The minimum atomic E-state index is -0.131. The van der Waals surface area contributed by atoms with Crippen molar-refractivity contribution in [3.63, 3.8) is 0 Å². The fourth-order valence-corrected chi connectivity index (χ4v) is 10.8. The Morgan fingerprint density at radius 3 is 1.63 bits per heavy atom. The molecule has 1 nitrogen and oxygen atoms in total. The molecule has 0 amide bonds. The molecular formula is C58H43N. The first-order chi connectivity index (χ1) is 28.8. The van der Waals surface area contributed by atoms with Crippen LogP contribution >= 0.6 is 0 Å². The molecule has 0 spiro atoms. The molecule has 0 aromatic heterocycles. The zero-order valence-corrected chi connectivity index (χ0v) is 33.8. The maximum Gasteiger partial charge on any atom is 0.0546 e. The topological polar surface area (TPSA) is 3.24 Å². The largest absolute Gasteiger partial charge is 0.310 e. The maximum absolute atomic E-state index is 2.54. The fraction of sp³-hybridized carbons (Fsp3) is 0.103. The minimum absolute atomic E-state index is 0.0749. The zero-order valence-electron chi connectivity index (χ0n) is 33.8. The Morgan fingerprint density at radius 1 is 0.322 bits per heavy atom. The van der Waals surface area contributed by atoms with Gasteiger partial charge in [0.1, 0.15) is 0 Å². The standard InChI is InChI=1S/C58H43N/c1-57(2)52-24-14-12-19-44(52)50-34-40(28-30-53(50)57)59(41-27-29-45-43-18-11-13-23-51(43)58(3,4)54(45)35-41)55-33-39-32-49(38-26-25-36-15-5-6-16-37(36)31-38)42-17-7-9-21-47(42)56(39)48-22-10-8-20-46(48)55/h5-35H,1-4H3. The minimum Gasteiger partial charge on any atom is -0.310 e. The highest BCUT2D eigenvalue weighted by Gasteiger charge is 2.38. The van der Waals surface area contributed by atoms with E-state index in [9.17, 15) is 0 Å². The molecule has 59 heavy (non-hydrogen) atoms. The van der Waals surface area contributed by atoms with Gasteiger partial charge in [-0.1, -0.05) is 173 Å². The van der Waals surface area contributed by atoms with E-state index in [1.165, 1.54) is 104 Å². The van der Waals surface area contributed by atoms with Crippen molar-refractivity contribution in [2.24, 2.45) is 0 Å². The lowest BCUT2D eigenvalue weighted by molar-refractivity contribution is 0.660. The van der Waals surface area contributed by atoms with Gasteiger partial charge in [0.25, 0.3) is 0 Å². The second-order valence-corrected chi connectivity index (χ2v) is 17.7. The molecule has 10 aromatic carbocycles. The van der Waals surface area contributed by atoms with Crippen molar-refractivity contribution in [2.75, 3.05) is 4.90 Å². The van der Waals surface area contributed by atoms with Crippen molar-refractivity contribution in [3.05, 3.63) is 210 Å². The molecule has 2 aliphatic rings. The summed E-state index contributed by atoms with van der Waals surface area (Å²) in [6.07, 6.45) is 0. The van der Waals surface area contributed by atoms with E-state index in [1.54, 1.807) is 0 Å². The molecule has 0 saturated carbocycles. The van der Waals surface area contributed by atoms with Crippen LogP contribution in [-0.4, -0.2) is 0 Å². The van der Waals surface area contributed by atoms with Gasteiger partial charge in [0.05, 0.1) is 5.69 Å². The van der Waals surface area contributed by atoms with Gasteiger partial charge in [0.15, 0.2) is 0 Å². The molecule has 0 radical (unpaired) electrons. The summed E-state index contributed by atoms with van der Waals surface area (Å²) in [4.78, 5) is 2.54. The van der Waals surface area contributed by atoms with Crippen LogP contribution in [0, 0.1) is 0 Å². The van der Waals surface area contributed by atoms with Crippen LogP contribution < -0.4 is 4.90 Å². The molecule has 10 aromatic rings. The smallest absolute Gasteiger partial charge is 0.0546 e. The molecule has 0 saturated heterocycles. The quantitative estimate of drug-likeness (QED) is 0.162. The van der Waals surface area contributed by atoms with Gasteiger partial charge in [-0.05, 0) is 136 Å². The summed E-state index contributed by atoms with van der Waals surface area (Å²) < 4.78 is 0. The normalized spacial score (nSPS) is 14.4. The Hall–Kier alpha value is -6.96. The van der Waals surface area contributed by atoms with E-state index < -0.39 is 0 Å². The first kappa shape index (κ1) is 34.1. The van der Waals surface area contributed by atoms with Gasteiger partial charge in [-0.3, -0.25) is 0 Å². The van der Waals surface area contributed by atoms with E-state index in [2.05, 4.69) is 221 Å².